The van der Waals surface area contributed by atoms with Crippen LogP contribution in [0.2, 0.25) is 0 Å². The number of amides is 1. The zero-order chi connectivity index (χ0) is 15.8. The Kier molecular flexibility index (Phi) is 7.29. The van der Waals surface area contributed by atoms with Gasteiger partial charge in [0.25, 0.3) is 0 Å². The van der Waals surface area contributed by atoms with Crippen LogP contribution in [-0.4, -0.2) is 30.0 Å². The molecule has 1 unspecified atom stereocenters. The summed E-state index contributed by atoms with van der Waals surface area (Å²) in [7, 11) is 1.37. The van der Waals surface area contributed by atoms with E-state index in [-0.39, 0.29) is 17.1 Å². The van der Waals surface area contributed by atoms with E-state index < -0.39 is 0 Å². The van der Waals surface area contributed by atoms with Crippen LogP contribution in [-0.2, 0) is 20.7 Å². The molecule has 1 aromatic carbocycles. The van der Waals surface area contributed by atoms with E-state index >= 15 is 0 Å². The first-order chi connectivity index (χ1) is 9.97. The highest BCUT2D eigenvalue weighted by atomic mass is 32.2. The molecule has 0 aromatic heterocycles. The lowest BCUT2D eigenvalue weighted by molar-refractivity contribution is -0.140. The predicted octanol–water partition coefficient (Wildman–Crippen LogP) is 3.18. The van der Waals surface area contributed by atoms with Crippen molar-refractivity contribution in [2.45, 2.75) is 38.9 Å². The number of esters is 1. The lowest BCUT2D eigenvalue weighted by atomic mass is 10.1. The third-order valence-electron chi connectivity index (χ3n) is 3.19. The van der Waals surface area contributed by atoms with Gasteiger partial charge >= 0.3 is 5.97 Å². The number of nitrogens with one attached hydrogen (secondary N) is 1. The molecule has 0 fully saturated rings. The number of carbonyl (C=O) groups is 2. The molecule has 0 aliphatic carbocycles. The summed E-state index contributed by atoms with van der Waals surface area (Å²) in [5.41, 5.74) is 3.11. The Morgan fingerprint density at radius 2 is 2.10 bits per heavy atom. The maximum atomic E-state index is 12.0. The second kappa shape index (κ2) is 8.72. The van der Waals surface area contributed by atoms with Crippen molar-refractivity contribution >= 4 is 29.3 Å². The number of para-hydroxylation sites is 1. The summed E-state index contributed by atoms with van der Waals surface area (Å²) in [6, 6.07) is 6.01. The molecule has 1 atom stereocenters. The van der Waals surface area contributed by atoms with Gasteiger partial charge in [-0.05, 0) is 24.5 Å². The zero-order valence-electron chi connectivity index (χ0n) is 13.1. The summed E-state index contributed by atoms with van der Waals surface area (Å²) in [6.07, 6.45) is 1.20. The maximum absolute atomic E-state index is 12.0. The number of hydrogen-bond acceptors (Lipinski definition) is 4. The second-order valence-corrected chi connectivity index (χ2v) is 6.34. The summed E-state index contributed by atoms with van der Waals surface area (Å²) in [5, 5.41) is 3.04. The molecule has 1 aromatic rings. The van der Waals surface area contributed by atoms with Crippen LogP contribution in [0.25, 0.3) is 0 Å². The van der Waals surface area contributed by atoms with Crippen LogP contribution in [0.4, 0.5) is 5.69 Å². The molecule has 1 amide bonds. The Morgan fingerprint density at radius 3 is 2.71 bits per heavy atom. The highest BCUT2D eigenvalue weighted by Gasteiger charge is 2.13. The molecule has 116 valence electrons. The molecule has 1 N–H and O–H groups in total. The first-order valence-electron chi connectivity index (χ1n) is 7.04. The van der Waals surface area contributed by atoms with Crippen LogP contribution < -0.4 is 5.32 Å². The van der Waals surface area contributed by atoms with Crippen molar-refractivity contribution in [3.8, 4) is 0 Å². The Morgan fingerprint density at radius 1 is 1.38 bits per heavy atom. The molecule has 0 saturated carbocycles. The van der Waals surface area contributed by atoms with Crippen molar-refractivity contribution in [2.75, 3.05) is 18.2 Å². The molecule has 1 rings (SSSR count). The fraction of sp³-hybridized carbons (Fsp3) is 0.500. The smallest absolute Gasteiger partial charge is 0.306 e. The van der Waals surface area contributed by atoms with Gasteiger partial charge in [0, 0.05) is 10.9 Å². The van der Waals surface area contributed by atoms with E-state index in [0.29, 0.717) is 12.2 Å². The number of rotatable bonds is 7. The number of benzene rings is 1. The zero-order valence-corrected chi connectivity index (χ0v) is 13.9. The number of carbonyl (C=O) groups excluding carboxylic acids is 2. The van der Waals surface area contributed by atoms with Crippen LogP contribution in [0.3, 0.4) is 0 Å². The fourth-order valence-electron chi connectivity index (χ4n) is 1.97. The van der Waals surface area contributed by atoms with Gasteiger partial charge < -0.3 is 10.1 Å². The topological polar surface area (TPSA) is 55.4 Å². The van der Waals surface area contributed by atoms with E-state index in [0.717, 1.165) is 23.2 Å². The molecule has 0 radical (unpaired) electrons. The van der Waals surface area contributed by atoms with Crippen molar-refractivity contribution in [3.05, 3.63) is 29.3 Å². The van der Waals surface area contributed by atoms with Crippen molar-refractivity contribution in [1.29, 1.82) is 0 Å². The number of anilines is 1. The second-order valence-electron chi connectivity index (χ2n) is 4.91. The highest BCUT2D eigenvalue weighted by Crippen LogP contribution is 2.22. The van der Waals surface area contributed by atoms with E-state index in [1.54, 1.807) is 0 Å². The Bertz CT molecular complexity index is 502. The third-order valence-corrected chi connectivity index (χ3v) is 4.35. The average molecular weight is 309 g/mol. The molecule has 0 saturated heterocycles. The van der Waals surface area contributed by atoms with Crippen molar-refractivity contribution in [2.24, 2.45) is 0 Å². The van der Waals surface area contributed by atoms with Crippen LogP contribution in [0.5, 0.6) is 0 Å². The molecule has 4 nitrogen and oxygen atoms in total. The lowest BCUT2D eigenvalue weighted by Gasteiger charge is -2.14. The number of ether oxygens (including phenoxy) is 1. The van der Waals surface area contributed by atoms with Gasteiger partial charge in [0.05, 0.1) is 19.3 Å². The van der Waals surface area contributed by atoms with Crippen molar-refractivity contribution < 1.29 is 14.3 Å². The van der Waals surface area contributed by atoms with E-state index in [1.807, 2.05) is 32.0 Å². The monoisotopic (exact) mass is 309 g/mol. The van der Waals surface area contributed by atoms with Crippen molar-refractivity contribution in [3.63, 3.8) is 0 Å². The van der Waals surface area contributed by atoms with Gasteiger partial charge in [-0.15, -0.1) is 11.8 Å². The van der Waals surface area contributed by atoms with Gasteiger partial charge in [0.2, 0.25) is 5.91 Å². The fourth-order valence-corrected chi connectivity index (χ4v) is 2.73. The molecular formula is C16H23NO3S. The molecule has 5 heteroatoms. The van der Waals surface area contributed by atoms with Crippen LogP contribution in [0, 0.1) is 6.92 Å². The largest absolute Gasteiger partial charge is 0.469 e. The summed E-state index contributed by atoms with van der Waals surface area (Å²) < 4.78 is 4.62. The van der Waals surface area contributed by atoms with E-state index in [4.69, 9.17) is 0 Å². The van der Waals surface area contributed by atoms with E-state index in [2.05, 4.69) is 17.0 Å². The normalized spacial score (nSPS) is 11.8. The number of aryl methyl sites for hydroxylation is 2. The number of thioether (sulfide) groups is 1. The third kappa shape index (κ3) is 5.79. The first-order valence-corrected chi connectivity index (χ1v) is 8.09. The maximum Gasteiger partial charge on any atom is 0.306 e. The Hall–Kier alpha value is -1.49. The summed E-state index contributed by atoms with van der Waals surface area (Å²) in [4.78, 5) is 23.2. The minimum atomic E-state index is -0.248. The van der Waals surface area contributed by atoms with Crippen LogP contribution >= 0.6 is 11.8 Å². The minimum absolute atomic E-state index is 0.0410. The molecule has 0 aliphatic heterocycles. The van der Waals surface area contributed by atoms with Gasteiger partial charge in [0.15, 0.2) is 0 Å². The van der Waals surface area contributed by atoms with Gasteiger partial charge in [-0.3, -0.25) is 9.59 Å². The van der Waals surface area contributed by atoms with Crippen molar-refractivity contribution in [1.82, 2.24) is 0 Å². The number of methoxy groups -OCH3 is 1. The molecule has 0 heterocycles. The van der Waals surface area contributed by atoms with Gasteiger partial charge in [-0.1, -0.05) is 32.0 Å². The standard InChI is InChI=1S/C16H23NO3S/c1-5-13-8-6-7-11(2)16(13)17-14(18)10-21-12(3)9-15(19)20-4/h6-8,12H,5,9-10H2,1-4H3,(H,17,18). The lowest BCUT2D eigenvalue weighted by Crippen LogP contribution is -2.18. The van der Waals surface area contributed by atoms with Gasteiger partial charge in [-0.25, -0.2) is 0 Å². The molecule has 0 aliphatic rings. The molecular weight excluding hydrogens is 286 g/mol. The SMILES string of the molecule is CCc1cccc(C)c1NC(=O)CSC(C)CC(=O)OC. The quantitative estimate of drug-likeness (QED) is 0.786. The Labute approximate surface area is 130 Å². The van der Waals surface area contributed by atoms with Gasteiger partial charge in [0.1, 0.15) is 0 Å². The Balaban J connectivity index is 2.53. The van der Waals surface area contributed by atoms with Crippen LogP contribution in [0.15, 0.2) is 18.2 Å². The average Bonchev–Trinajstić information content (AvgIpc) is 2.47. The predicted molar refractivity (Wildman–Crippen MR) is 87.7 cm³/mol. The van der Waals surface area contributed by atoms with Crippen LogP contribution in [0.1, 0.15) is 31.4 Å². The highest BCUT2D eigenvalue weighted by molar-refractivity contribution is 8.00. The minimum Gasteiger partial charge on any atom is -0.469 e. The summed E-state index contributed by atoms with van der Waals surface area (Å²) >= 11 is 1.45. The van der Waals surface area contributed by atoms with E-state index in [9.17, 15) is 9.59 Å². The number of hydrogen-bond donors (Lipinski definition) is 1. The molecule has 0 bridgehead atoms. The molecule has 0 spiro atoms. The summed E-state index contributed by atoms with van der Waals surface area (Å²) in [6.45, 7) is 5.97. The van der Waals surface area contributed by atoms with Gasteiger partial charge in [-0.2, -0.15) is 0 Å². The summed E-state index contributed by atoms with van der Waals surface area (Å²) in [5.74, 6) is 0.0404. The first kappa shape index (κ1) is 17.6. The van der Waals surface area contributed by atoms with E-state index in [1.165, 1.54) is 18.9 Å². The molecule has 21 heavy (non-hydrogen) atoms.